The van der Waals surface area contributed by atoms with E-state index in [9.17, 15) is 29.3 Å². The largest absolute Gasteiger partial charge is 0.591 e. The lowest BCUT2D eigenvalue weighted by atomic mass is 10.2. The summed E-state index contributed by atoms with van der Waals surface area (Å²) in [5.74, 6) is -3.22. The molecule has 0 aliphatic carbocycles. The van der Waals surface area contributed by atoms with Crippen molar-refractivity contribution in [2.45, 2.75) is 6.42 Å². The lowest BCUT2D eigenvalue weighted by Crippen LogP contribution is -2.30. The number of carboxylic acids is 2. The molecule has 12 heavy (non-hydrogen) atoms. The predicted octanol–water partition coefficient (Wildman–Crippen LogP) is -3.14. The molecule has 0 amide bonds. The van der Waals surface area contributed by atoms with Gasteiger partial charge < -0.3 is 24.7 Å². The molecule has 0 saturated carbocycles. The SMILES string of the molecule is O=C([O-])C/C(=C/[P+](=O)[O-])C(=O)[O-]. The maximum absolute atomic E-state index is 10.0. The molecule has 0 bridgehead atoms. The van der Waals surface area contributed by atoms with E-state index in [-0.39, 0.29) is 0 Å². The Labute approximate surface area is 68.0 Å². The van der Waals surface area contributed by atoms with Crippen molar-refractivity contribution in [1.29, 1.82) is 0 Å². The number of hydrogen-bond donors (Lipinski definition) is 0. The van der Waals surface area contributed by atoms with Crippen LogP contribution in [0.4, 0.5) is 0 Å². The molecule has 0 N–H and O–H groups in total. The minimum absolute atomic E-state index is 0.292. The zero-order valence-electron chi connectivity index (χ0n) is 5.68. The van der Waals surface area contributed by atoms with Crippen molar-refractivity contribution in [2.75, 3.05) is 0 Å². The van der Waals surface area contributed by atoms with Crippen molar-refractivity contribution in [3.63, 3.8) is 0 Å². The van der Waals surface area contributed by atoms with Crippen LogP contribution in [0.2, 0.25) is 0 Å². The summed E-state index contributed by atoms with van der Waals surface area (Å²) in [6.07, 6.45) is -0.981. The Balaban J connectivity index is 4.55. The summed E-state index contributed by atoms with van der Waals surface area (Å²) >= 11 is 0. The minimum Gasteiger partial charge on any atom is -0.591 e. The zero-order chi connectivity index (χ0) is 9.72. The van der Waals surface area contributed by atoms with Gasteiger partial charge in [0.15, 0.2) is 5.82 Å². The van der Waals surface area contributed by atoms with Gasteiger partial charge in [-0.25, -0.2) is 0 Å². The molecule has 0 spiro atoms. The molecule has 0 aromatic heterocycles. The van der Waals surface area contributed by atoms with Crippen LogP contribution in [0.25, 0.3) is 0 Å². The minimum atomic E-state index is -3.08. The molecule has 7 heteroatoms. The van der Waals surface area contributed by atoms with Gasteiger partial charge in [-0.05, 0) is 0 Å². The summed E-state index contributed by atoms with van der Waals surface area (Å²) in [5, 5.41) is 19.9. The summed E-state index contributed by atoms with van der Waals surface area (Å²) in [6.45, 7) is 0. The van der Waals surface area contributed by atoms with Crippen LogP contribution in [-0.2, 0) is 14.2 Å². The Bertz CT molecular complexity index is 255. The smallest absolute Gasteiger partial charge is 0.341 e. The fourth-order valence-electron chi connectivity index (χ4n) is 0.453. The van der Waals surface area contributed by atoms with Crippen molar-refractivity contribution in [2.24, 2.45) is 0 Å². The maximum Gasteiger partial charge on any atom is 0.341 e. The Morgan fingerprint density at radius 1 is 1.33 bits per heavy atom. The monoisotopic (exact) mass is 190 g/mol. The van der Waals surface area contributed by atoms with E-state index in [4.69, 9.17) is 0 Å². The van der Waals surface area contributed by atoms with Crippen LogP contribution < -0.4 is 15.1 Å². The van der Waals surface area contributed by atoms with Gasteiger partial charge >= 0.3 is 8.03 Å². The lowest BCUT2D eigenvalue weighted by Gasteiger charge is -2.05. The standard InChI is InChI=1S/C5H5O6P/c6-4(7)1-3(5(8)9)2-12(10)11/h2H,1H2,(H,6,7)(H,8,9)/p-2/b3-2-. The van der Waals surface area contributed by atoms with Crippen molar-refractivity contribution in [3.05, 3.63) is 11.4 Å². The first-order valence-electron chi connectivity index (χ1n) is 2.69. The number of rotatable bonds is 4. The molecule has 0 saturated heterocycles. The normalized spacial score (nSPS) is 12.4. The number of carbonyl (C=O) groups excluding carboxylic acids is 2. The molecule has 0 aliphatic rings. The molecular formula is C5H3O6P-2. The molecule has 0 aromatic rings. The topological polar surface area (TPSA) is 120 Å². The Morgan fingerprint density at radius 3 is 2.08 bits per heavy atom. The van der Waals surface area contributed by atoms with Crippen LogP contribution in [0, 0.1) is 0 Å². The molecule has 6 nitrogen and oxygen atoms in total. The summed E-state index contributed by atoms with van der Waals surface area (Å²) in [6, 6.07) is 0. The quantitative estimate of drug-likeness (QED) is 0.341. The van der Waals surface area contributed by atoms with Crippen LogP contribution in [0.15, 0.2) is 11.4 Å². The van der Waals surface area contributed by atoms with Gasteiger partial charge in [-0.2, -0.15) is 0 Å². The fraction of sp³-hybridized carbons (Fsp3) is 0.200. The highest BCUT2D eigenvalue weighted by atomic mass is 31.1. The third kappa shape index (κ3) is 4.54. The molecule has 0 aromatic carbocycles. The van der Waals surface area contributed by atoms with Crippen molar-refractivity contribution in [3.8, 4) is 0 Å². The Morgan fingerprint density at radius 2 is 1.83 bits per heavy atom. The van der Waals surface area contributed by atoms with Crippen molar-refractivity contribution < 1.29 is 29.3 Å². The maximum atomic E-state index is 10.0. The number of aliphatic carboxylic acids is 2. The lowest BCUT2D eigenvalue weighted by molar-refractivity contribution is -0.309. The highest BCUT2D eigenvalue weighted by molar-refractivity contribution is 7.40. The molecule has 1 atom stereocenters. The zero-order valence-corrected chi connectivity index (χ0v) is 6.58. The van der Waals surface area contributed by atoms with E-state index in [1.165, 1.54) is 0 Å². The predicted molar refractivity (Wildman–Crippen MR) is 30.3 cm³/mol. The third-order valence-corrected chi connectivity index (χ3v) is 1.38. The van der Waals surface area contributed by atoms with Gasteiger partial charge in [0.2, 0.25) is 0 Å². The van der Waals surface area contributed by atoms with Crippen LogP contribution in [0.5, 0.6) is 0 Å². The van der Waals surface area contributed by atoms with Gasteiger partial charge in [0.25, 0.3) is 0 Å². The van der Waals surface area contributed by atoms with Gasteiger partial charge in [-0.15, -0.1) is 0 Å². The van der Waals surface area contributed by atoms with Gasteiger partial charge in [0, 0.05) is 18.0 Å². The van der Waals surface area contributed by atoms with Gasteiger partial charge in [-0.3, -0.25) is 0 Å². The molecule has 66 valence electrons. The van der Waals surface area contributed by atoms with Crippen molar-refractivity contribution >= 4 is 20.0 Å². The van der Waals surface area contributed by atoms with E-state index in [1.807, 2.05) is 0 Å². The van der Waals surface area contributed by atoms with Crippen LogP contribution in [0.1, 0.15) is 6.42 Å². The second-order valence-electron chi connectivity index (χ2n) is 1.78. The Kier molecular flexibility index (Phi) is 4.10. The van der Waals surface area contributed by atoms with E-state index in [2.05, 4.69) is 0 Å². The van der Waals surface area contributed by atoms with E-state index in [0.717, 1.165) is 0 Å². The molecule has 0 rings (SSSR count). The van der Waals surface area contributed by atoms with E-state index < -0.39 is 32.0 Å². The van der Waals surface area contributed by atoms with E-state index in [1.54, 1.807) is 0 Å². The van der Waals surface area contributed by atoms with E-state index >= 15 is 0 Å². The fourth-order valence-corrected chi connectivity index (χ4v) is 0.904. The molecule has 1 unspecified atom stereocenters. The number of carboxylic acid groups (broad SMARTS) is 2. The second kappa shape index (κ2) is 4.58. The first-order valence-corrected chi connectivity index (χ1v) is 3.93. The van der Waals surface area contributed by atoms with Gasteiger partial charge in [-0.1, -0.05) is 4.57 Å². The summed E-state index contributed by atoms with van der Waals surface area (Å²) in [5.41, 5.74) is -0.828. The highest BCUT2D eigenvalue weighted by Gasteiger charge is 2.04. The summed E-state index contributed by atoms with van der Waals surface area (Å²) in [7, 11) is -3.08. The third-order valence-electron chi connectivity index (χ3n) is 0.858. The summed E-state index contributed by atoms with van der Waals surface area (Å²) < 4.78 is 9.95. The molecule has 0 aliphatic heterocycles. The number of hydrogen-bond acceptors (Lipinski definition) is 6. The van der Waals surface area contributed by atoms with Gasteiger partial charge in [0.05, 0.1) is 5.97 Å². The molecule has 0 fully saturated rings. The van der Waals surface area contributed by atoms with Crippen LogP contribution in [0.3, 0.4) is 0 Å². The first-order chi connectivity index (χ1) is 5.43. The second-order valence-corrected chi connectivity index (χ2v) is 2.60. The summed E-state index contributed by atoms with van der Waals surface area (Å²) in [4.78, 5) is 29.8. The number of carbonyl (C=O) groups is 2. The molecular weight excluding hydrogens is 187 g/mol. The van der Waals surface area contributed by atoms with Crippen molar-refractivity contribution in [1.82, 2.24) is 0 Å². The van der Waals surface area contributed by atoms with Gasteiger partial charge in [0.1, 0.15) is 0 Å². The Hall–Kier alpha value is -1.26. The molecule has 0 heterocycles. The average molecular weight is 190 g/mol. The first kappa shape index (κ1) is 10.7. The van der Waals surface area contributed by atoms with E-state index in [0.29, 0.717) is 5.82 Å². The molecule has 0 radical (unpaired) electrons. The average Bonchev–Trinajstić information content (AvgIpc) is 1.83. The van der Waals surface area contributed by atoms with Crippen LogP contribution in [-0.4, -0.2) is 11.9 Å². The highest BCUT2D eigenvalue weighted by Crippen LogP contribution is 2.14. The van der Waals surface area contributed by atoms with Crippen LogP contribution >= 0.6 is 8.03 Å².